The Hall–Kier alpha value is -1.02. The van der Waals surface area contributed by atoms with Crippen molar-refractivity contribution in [2.24, 2.45) is 0 Å². The van der Waals surface area contributed by atoms with Gasteiger partial charge < -0.3 is 19.7 Å². The average Bonchev–Trinajstić information content (AvgIpc) is 3.05. The van der Waals surface area contributed by atoms with Crippen LogP contribution in [0, 0.1) is 0 Å². The maximum Gasteiger partial charge on any atom is 0.107 e. The molecule has 1 aliphatic heterocycles. The Kier molecular flexibility index (Phi) is 4.00. The number of nitrogens with zero attached hydrogens (tertiary/aromatic N) is 3. The summed E-state index contributed by atoms with van der Waals surface area (Å²) in [5.74, 6) is 0. The zero-order chi connectivity index (χ0) is 15.0. The zero-order valence-electron chi connectivity index (χ0n) is 12.5. The minimum atomic E-state index is -0.701. The highest BCUT2D eigenvalue weighted by molar-refractivity contribution is 5.18. The molecule has 3 rings (SSSR count). The van der Waals surface area contributed by atoms with Gasteiger partial charge in [0.25, 0.3) is 0 Å². The fourth-order valence-electron chi connectivity index (χ4n) is 2.81. The quantitative estimate of drug-likeness (QED) is 0.786. The fourth-order valence-corrected chi connectivity index (χ4v) is 2.81. The van der Waals surface area contributed by atoms with E-state index in [1.54, 1.807) is 11.8 Å². The van der Waals surface area contributed by atoms with Crippen LogP contribution >= 0.6 is 0 Å². The molecule has 2 fully saturated rings. The normalized spacial score (nSPS) is 34.9. The largest absolute Gasteiger partial charge is 0.394 e. The van der Waals surface area contributed by atoms with Crippen molar-refractivity contribution in [1.82, 2.24) is 15.0 Å². The van der Waals surface area contributed by atoms with E-state index in [0.717, 1.165) is 18.5 Å². The van der Waals surface area contributed by atoms with E-state index < -0.39 is 12.2 Å². The first-order valence-corrected chi connectivity index (χ1v) is 7.43. The molecule has 2 aliphatic rings. The summed E-state index contributed by atoms with van der Waals surface area (Å²) in [5.41, 5.74) is 1.21. The SMILES string of the molecule is COC1CC(O)C(CO)OC1Cn1cc(C2(C)CC2)nn1. The lowest BCUT2D eigenvalue weighted by molar-refractivity contribution is -0.190. The molecule has 0 aromatic carbocycles. The minimum Gasteiger partial charge on any atom is -0.394 e. The van der Waals surface area contributed by atoms with Crippen molar-refractivity contribution in [3.8, 4) is 0 Å². The molecule has 7 heteroatoms. The third-order valence-electron chi connectivity index (χ3n) is 4.67. The Morgan fingerprint density at radius 2 is 2.24 bits per heavy atom. The van der Waals surface area contributed by atoms with Crippen LogP contribution in [0.3, 0.4) is 0 Å². The number of hydrogen-bond acceptors (Lipinski definition) is 6. The third-order valence-corrected chi connectivity index (χ3v) is 4.67. The lowest BCUT2D eigenvalue weighted by Gasteiger charge is -2.38. The van der Waals surface area contributed by atoms with Crippen molar-refractivity contribution in [3.63, 3.8) is 0 Å². The number of aliphatic hydroxyl groups excluding tert-OH is 2. The first kappa shape index (κ1) is 14.9. The van der Waals surface area contributed by atoms with Crippen LogP contribution in [0.4, 0.5) is 0 Å². The van der Waals surface area contributed by atoms with Crippen molar-refractivity contribution in [2.45, 2.75) is 62.6 Å². The number of hydrogen-bond donors (Lipinski definition) is 2. The number of rotatable bonds is 5. The van der Waals surface area contributed by atoms with Gasteiger partial charge in [-0.1, -0.05) is 12.1 Å². The van der Waals surface area contributed by atoms with Crippen LogP contribution in [0.1, 0.15) is 31.9 Å². The monoisotopic (exact) mass is 297 g/mol. The van der Waals surface area contributed by atoms with Crippen LogP contribution < -0.4 is 0 Å². The molecule has 4 atom stereocenters. The van der Waals surface area contributed by atoms with E-state index in [0.29, 0.717) is 13.0 Å². The van der Waals surface area contributed by atoms with E-state index in [1.807, 2.05) is 6.20 Å². The molecule has 1 aromatic rings. The molecule has 1 aliphatic carbocycles. The van der Waals surface area contributed by atoms with Crippen molar-refractivity contribution in [2.75, 3.05) is 13.7 Å². The minimum absolute atomic E-state index is 0.191. The molecule has 7 nitrogen and oxygen atoms in total. The number of aromatic nitrogens is 3. The molecule has 2 heterocycles. The van der Waals surface area contributed by atoms with Gasteiger partial charge in [-0.25, -0.2) is 4.68 Å². The summed E-state index contributed by atoms with van der Waals surface area (Å²) in [7, 11) is 1.60. The molecule has 1 saturated carbocycles. The van der Waals surface area contributed by atoms with E-state index in [9.17, 15) is 10.2 Å². The Bertz CT molecular complexity index is 488. The Morgan fingerprint density at radius 3 is 2.86 bits per heavy atom. The van der Waals surface area contributed by atoms with E-state index in [4.69, 9.17) is 9.47 Å². The summed E-state index contributed by atoms with van der Waals surface area (Å²) in [6, 6.07) is 0. The van der Waals surface area contributed by atoms with Gasteiger partial charge in [-0.05, 0) is 12.8 Å². The molecule has 4 unspecified atom stereocenters. The molecule has 1 saturated heterocycles. The van der Waals surface area contributed by atoms with E-state index in [-0.39, 0.29) is 24.2 Å². The summed E-state index contributed by atoms with van der Waals surface area (Å²) in [4.78, 5) is 0. The maximum atomic E-state index is 9.87. The highest BCUT2D eigenvalue weighted by atomic mass is 16.6. The van der Waals surface area contributed by atoms with Gasteiger partial charge in [0.15, 0.2) is 0 Å². The first-order valence-electron chi connectivity index (χ1n) is 7.43. The summed E-state index contributed by atoms with van der Waals surface area (Å²) in [5, 5.41) is 27.5. The van der Waals surface area contributed by atoms with E-state index in [1.165, 1.54) is 0 Å². The smallest absolute Gasteiger partial charge is 0.107 e. The Labute approximate surface area is 123 Å². The molecule has 0 radical (unpaired) electrons. The molecular weight excluding hydrogens is 274 g/mol. The van der Waals surface area contributed by atoms with Gasteiger partial charge >= 0.3 is 0 Å². The van der Waals surface area contributed by atoms with Gasteiger partial charge in [0, 0.05) is 25.1 Å². The molecule has 1 aromatic heterocycles. The summed E-state index contributed by atoms with van der Waals surface area (Å²) < 4.78 is 12.9. The van der Waals surface area contributed by atoms with Crippen molar-refractivity contribution < 1.29 is 19.7 Å². The summed E-state index contributed by atoms with van der Waals surface area (Å²) in [6.45, 7) is 2.49. The highest BCUT2D eigenvalue weighted by Gasteiger charge is 2.42. The van der Waals surface area contributed by atoms with Crippen molar-refractivity contribution in [1.29, 1.82) is 0 Å². The molecule has 0 spiro atoms. The van der Waals surface area contributed by atoms with Crippen molar-refractivity contribution >= 4 is 0 Å². The fraction of sp³-hybridized carbons (Fsp3) is 0.857. The molecule has 0 bridgehead atoms. The maximum absolute atomic E-state index is 9.87. The second-order valence-corrected chi connectivity index (χ2v) is 6.36. The standard InChI is InChI=1S/C14H23N3O4/c1-14(3-4-14)13-7-17(16-15-13)6-11-10(20-2)5-9(19)12(8-18)21-11/h7,9-12,18-19H,3-6,8H2,1-2H3. The molecular formula is C14H23N3O4. The summed E-state index contributed by atoms with van der Waals surface area (Å²) in [6.07, 6.45) is 2.99. The predicted octanol–water partition coefficient (Wildman–Crippen LogP) is -0.145. The number of ether oxygens (including phenoxy) is 2. The van der Waals surface area contributed by atoms with Crippen LogP contribution in [-0.4, -0.2) is 63.3 Å². The number of aliphatic hydroxyl groups is 2. The van der Waals surface area contributed by atoms with Gasteiger partial charge in [0.2, 0.25) is 0 Å². The second kappa shape index (κ2) is 5.64. The van der Waals surface area contributed by atoms with Gasteiger partial charge in [-0.3, -0.25) is 0 Å². The number of methoxy groups -OCH3 is 1. The summed E-state index contributed by atoms with van der Waals surface area (Å²) >= 11 is 0. The van der Waals surface area contributed by atoms with Gasteiger partial charge in [0.1, 0.15) is 12.2 Å². The molecule has 2 N–H and O–H groups in total. The van der Waals surface area contributed by atoms with Gasteiger partial charge in [-0.15, -0.1) is 5.10 Å². The van der Waals surface area contributed by atoms with E-state index >= 15 is 0 Å². The zero-order valence-corrected chi connectivity index (χ0v) is 12.5. The van der Waals surface area contributed by atoms with Crippen LogP contribution in [0.5, 0.6) is 0 Å². The highest BCUT2D eigenvalue weighted by Crippen LogP contribution is 2.46. The Balaban J connectivity index is 1.68. The van der Waals surface area contributed by atoms with Crippen LogP contribution in [0.15, 0.2) is 6.20 Å². The van der Waals surface area contributed by atoms with Crippen LogP contribution in [0.2, 0.25) is 0 Å². The third kappa shape index (κ3) is 2.96. The molecule has 21 heavy (non-hydrogen) atoms. The topological polar surface area (TPSA) is 89.6 Å². The van der Waals surface area contributed by atoms with Gasteiger partial charge in [0.05, 0.1) is 31.1 Å². The predicted molar refractivity (Wildman–Crippen MR) is 73.8 cm³/mol. The van der Waals surface area contributed by atoms with E-state index in [2.05, 4.69) is 17.2 Å². The lowest BCUT2D eigenvalue weighted by Crippen LogP contribution is -2.50. The van der Waals surface area contributed by atoms with Crippen LogP contribution in [0.25, 0.3) is 0 Å². The van der Waals surface area contributed by atoms with Crippen LogP contribution in [-0.2, 0) is 21.4 Å². The molecule has 118 valence electrons. The average molecular weight is 297 g/mol. The first-order chi connectivity index (χ1) is 10.1. The van der Waals surface area contributed by atoms with Gasteiger partial charge in [-0.2, -0.15) is 0 Å². The second-order valence-electron chi connectivity index (χ2n) is 6.36. The Morgan fingerprint density at radius 1 is 1.48 bits per heavy atom. The molecule has 0 amide bonds. The van der Waals surface area contributed by atoms with Crippen molar-refractivity contribution in [3.05, 3.63) is 11.9 Å². The lowest BCUT2D eigenvalue weighted by atomic mass is 9.98.